The number of anilines is 1. The molecule has 1 aromatic carbocycles. The van der Waals surface area contributed by atoms with E-state index in [4.69, 9.17) is 0 Å². The maximum atomic E-state index is 12.3. The average Bonchev–Trinajstić information content (AvgIpc) is 3.08. The lowest BCUT2D eigenvalue weighted by Crippen LogP contribution is -2.49. The van der Waals surface area contributed by atoms with E-state index in [-0.39, 0.29) is 11.8 Å². The number of aromatic nitrogens is 2. The number of para-hydroxylation sites is 1. The Kier molecular flexibility index (Phi) is 5.33. The second-order valence-corrected chi connectivity index (χ2v) is 6.05. The minimum atomic E-state index is -0.207. The summed E-state index contributed by atoms with van der Waals surface area (Å²) in [6.07, 6.45) is 1.89. The molecule has 1 N–H and O–H groups in total. The van der Waals surface area contributed by atoms with Gasteiger partial charge in [-0.1, -0.05) is 18.2 Å². The van der Waals surface area contributed by atoms with Gasteiger partial charge in [-0.3, -0.25) is 14.3 Å². The number of rotatable bonds is 5. The summed E-state index contributed by atoms with van der Waals surface area (Å²) in [5.41, 5.74) is 1.68. The van der Waals surface area contributed by atoms with Crippen molar-refractivity contribution in [2.45, 2.75) is 6.42 Å². The van der Waals surface area contributed by atoms with Gasteiger partial charge in [0.05, 0.1) is 0 Å². The number of aryl methyl sites for hydroxylation is 1. The summed E-state index contributed by atoms with van der Waals surface area (Å²) in [6.45, 7) is 3.42. The highest BCUT2D eigenvalue weighted by Crippen LogP contribution is 2.15. The van der Waals surface area contributed by atoms with Crippen molar-refractivity contribution in [1.29, 1.82) is 0 Å². The summed E-state index contributed by atoms with van der Waals surface area (Å²) in [5.74, 6) is -0.125. The molecule has 7 nitrogen and oxygen atoms in total. The highest BCUT2D eigenvalue weighted by molar-refractivity contribution is 5.92. The molecule has 1 aromatic heterocycles. The number of benzene rings is 1. The first-order chi connectivity index (χ1) is 12.1. The number of hydrogen-bond donors (Lipinski definition) is 1. The topological polar surface area (TPSA) is 70.5 Å². The molecular weight excluding hydrogens is 318 g/mol. The summed E-state index contributed by atoms with van der Waals surface area (Å²) in [7, 11) is 1.71. The first-order valence-electron chi connectivity index (χ1n) is 8.49. The molecular formula is C18H23N5O2. The predicted molar refractivity (Wildman–Crippen MR) is 95.4 cm³/mol. The van der Waals surface area contributed by atoms with E-state index in [0.717, 1.165) is 13.1 Å². The molecule has 2 amide bonds. The lowest BCUT2D eigenvalue weighted by molar-refractivity contribution is -0.131. The molecule has 2 heterocycles. The van der Waals surface area contributed by atoms with Crippen LogP contribution in [0.25, 0.3) is 0 Å². The quantitative estimate of drug-likeness (QED) is 0.877. The van der Waals surface area contributed by atoms with Gasteiger partial charge in [-0.2, -0.15) is 5.10 Å². The van der Waals surface area contributed by atoms with Gasteiger partial charge >= 0.3 is 0 Å². The van der Waals surface area contributed by atoms with Crippen molar-refractivity contribution in [3.63, 3.8) is 0 Å². The van der Waals surface area contributed by atoms with E-state index in [1.54, 1.807) is 19.3 Å². The molecule has 2 aromatic rings. The van der Waals surface area contributed by atoms with Crippen molar-refractivity contribution in [3.05, 3.63) is 48.3 Å². The van der Waals surface area contributed by atoms with E-state index in [9.17, 15) is 9.59 Å². The Morgan fingerprint density at radius 3 is 2.44 bits per heavy atom. The smallest absolute Gasteiger partial charge is 0.269 e. The van der Waals surface area contributed by atoms with Gasteiger partial charge in [-0.05, 0) is 18.2 Å². The van der Waals surface area contributed by atoms with Gasteiger partial charge in [0.15, 0.2) is 0 Å². The van der Waals surface area contributed by atoms with Crippen LogP contribution in [0.15, 0.2) is 42.6 Å². The first kappa shape index (κ1) is 17.0. The number of piperazine rings is 1. The van der Waals surface area contributed by atoms with Crippen LogP contribution in [0.5, 0.6) is 0 Å². The number of amides is 2. The molecule has 132 valence electrons. The Morgan fingerprint density at radius 2 is 1.80 bits per heavy atom. The van der Waals surface area contributed by atoms with Crippen molar-refractivity contribution >= 4 is 17.5 Å². The lowest BCUT2D eigenvalue weighted by Gasteiger charge is -2.36. The highest BCUT2D eigenvalue weighted by Gasteiger charge is 2.21. The molecule has 1 aliphatic heterocycles. The predicted octanol–water partition coefficient (Wildman–Crippen LogP) is 0.889. The fraction of sp³-hybridized carbons (Fsp3) is 0.389. The maximum absolute atomic E-state index is 12.3. The van der Waals surface area contributed by atoms with Gasteiger partial charge in [-0.25, -0.2) is 0 Å². The van der Waals surface area contributed by atoms with Crippen molar-refractivity contribution in [1.82, 2.24) is 20.0 Å². The Labute approximate surface area is 147 Å². The Balaban J connectivity index is 1.41. The van der Waals surface area contributed by atoms with Crippen LogP contribution in [-0.2, 0) is 11.8 Å². The minimum Gasteiger partial charge on any atom is -0.368 e. The molecule has 25 heavy (non-hydrogen) atoms. The molecule has 1 aliphatic rings. The number of nitrogens with zero attached hydrogens (tertiary/aromatic N) is 4. The van der Waals surface area contributed by atoms with E-state index < -0.39 is 0 Å². The van der Waals surface area contributed by atoms with Gasteiger partial charge in [0, 0.05) is 58.1 Å². The van der Waals surface area contributed by atoms with Crippen LogP contribution in [0.1, 0.15) is 16.9 Å². The van der Waals surface area contributed by atoms with Crippen LogP contribution in [0, 0.1) is 0 Å². The van der Waals surface area contributed by atoms with Gasteiger partial charge < -0.3 is 15.1 Å². The Hall–Kier alpha value is -2.83. The van der Waals surface area contributed by atoms with Gasteiger partial charge in [0.2, 0.25) is 5.91 Å². The number of carbonyl (C=O) groups is 2. The second-order valence-electron chi connectivity index (χ2n) is 6.05. The highest BCUT2D eigenvalue weighted by atomic mass is 16.2. The second kappa shape index (κ2) is 7.83. The third-order valence-electron chi connectivity index (χ3n) is 4.43. The number of hydrogen-bond acceptors (Lipinski definition) is 4. The summed E-state index contributed by atoms with van der Waals surface area (Å²) >= 11 is 0. The molecule has 0 bridgehead atoms. The fourth-order valence-electron chi connectivity index (χ4n) is 2.98. The zero-order chi connectivity index (χ0) is 17.6. The van der Waals surface area contributed by atoms with E-state index >= 15 is 0 Å². The third-order valence-corrected chi connectivity index (χ3v) is 4.43. The van der Waals surface area contributed by atoms with E-state index in [1.165, 1.54) is 10.4 Å². The Morgan fingerprint density at radius 1 is 1.08 bits per heavy atom. The van der Waals surface area contributed by atoms with E-state index in [0.29, 0.717) is 31.7 Å². The van der Waals surface area contributed by atoms with Crippen molar-refractivity contribution in [2.75, 3.05) is 37.6 Å². The molecule has 0 atom stereocenters. The zero-order valence-electron chi connectivity index (χ0n) is 14.4. The van der Waals surface area contributed by atoms with E-state index in [2.05, 4.69) is 27.4 Å². The van der Waals surface area contributed by atoms with Crippen molar-refractivity contribution in [3.8, 4) is 0 Å². The first-order valence-corrected chi connectivity index (χ1v) is 8.49. The number of nitrogens with one attached hydrogen (secondary N) is 1. The fourth-order valence-corrected chi connectivity index (χ4v) is 2.98. The third kappa shape index (κ3) is 4.17. The summed E-state index contributed by atoms with van der Waals surface area (Å²) in [5, 5.41) is 6.74. The standard InChI is InChI=1S/C18H23N5O2/c1-21-16(7-10-20-21)18(25)19-9-8-17(24)23-13-11-22(12-14-23)15-5-3-2-4-6-15/h2-7,10H,8-9,11-14H2,1H3,(H,19,25). The molecule has 1 fully saturated rings. The van der Waals surface area contributed by atoms with Crippen LogP contribution >= 0.6 is 0 Å². The van der Waals surface area contributed by atoms with Crippen LogP contribution < -0.4 is 10.2 Å². The molecule has 0 saturated carbocycles. The van der Waals surface area contributed by atoms with Crippen LogP contribution in [0.4, 0.5) is 5.69 Å². The van der Waals surface area contributed by atoms with Gasteiger partial charge in [0.25, 0.3) is 5.91 Å². The zero-order valence-corrected chi connectivity index (χ0v) is 14.4. The van der Waals surface area contributed by atoms with E-state index in [1.807, 2.05) is 23.1 Å². The summed E-state index contributed by atoms with van der Waals surface area (Å²) in [6, 6.07) is 11.9. The normalized spacial score (nSPS) is 14.4. The summed E-state index contributed by atoms with van der Waals surface area (Å²) in [4.78, 5) is 28.5. The van der Waals surface area contributed by atoms with Crippen LogP contribution in [-0.4, -0.2) is 59.2 Å². The average molecular weight is 341 g/mol. The molecule has 0 radical (unpaired) electrons. The molecule has 1 saturated heterocycles. The Bertz CT molecular complexity index is 720. The minimum absolute atomic E-state index is 0.0815. The monoisotopic (exact) mass is 341 g/mol. The molecule has 0 unspecified atom stereocenters. The van der Waals surface area contributed by atoms with Gasteiger partial charge in [-0.15, -0.1) is 0 Å². The lowest BCUT2D eigenvalue weighted by atomic mass is 10.2. The SMILES string of the molecule is Cn1nccc1C(=O)NCCC(=O)N1CCN(c2ccccc2)CC1. The van der Waals surface area contributed by atoms with Crippen molar-refractivity contribution < 1.29 is 9.59 Å². The van der Waals surface area contributed by atoms with Crippen LogP contribution in [0.3, 0.4) is 0 Å². The molecule has 0 spiro atoms. The molecule has 3 rings (SSSR count). The maximum Gasteiger partial charge on any atom is 0.269 e. The van der Waals surface area contributed by atoms with Crippen LogP contribution in [0.2, 0.25) is 0 Å². The summed E-state index contributed by atoms with van der Waals surface area (Å²) < 4.78 is 1.51. The largest absolute Gasteiger partial charge is 0.368 e. The molecule has 0 aliphatic carbocycles. The number of carbonyl (C=O) groups excluding carboxylic acids is 2. The van der Waals surface area contributed by atoms with Gasteiger partial charge in [0.1, 0.15) is 5.69 Å². The molecule has 7 heteroatoms. The van der Waals surface area contributed by atoms with Crippen molar-refractivity contribution in [2.24, 2.45) is 7.05 Å².